The van der Waals surface area contributed by atoms with Gasteiger partial charge in [0.15, 0.2) is 9.84 Å². The van der Waals surface area contributed by atoms with E-state index < -0.39 is 21.2 Å². The van der Waals surface area contributed by atoms with Gasteiger partial charge in [-0.1, -0.05) is 54.6 Å². The van der Waals surface area contributed by atoms with Crippen molar-refractivity contribution in [1.29, 1.82) is 0 Å². The molecule has 3 rings (SSSR count). The molecular formula is C19H18O4S. The van der Waals surface area contributed by atoms with Crippen LogP contribution in [0.5, 0.6) is 0 Å². The molecule has 1 aliphatic heterocycles. The fourth-order valence-electron chi connectivity index (χ4n) is 2.76. The summed E-state index contributed by atoms with van der Waals surface area (Å²) in [6.45, 7) is 0. The number of carbonyl (C=O) groups is 1. The lowest BCUT2D eigenvalue weighted by Crippen LogP contribution is -2.40. The first-order valence-corrected chi connectivity index (χ1v) is 9.34. The second-order valence-corrected chi connectivity index (χ2v) is 7.83. The van der Waals surface area contributed by atoms with E-state index in [-0.39, 0.29) is 23.7 Å². The van der Waals surface area contributed by atoms with Gasteiger partial charge in [-0.05, 0) is 30.2 Å². The van der Waals surface area contributed by atoms with Gasteiger partial charge in [-0.25, -0.2) is 8.42 Å². The highest BCUT2D eigenvalue weighted by Gasteiger charge is 2.39. The molecule has 2 aromatic carbocycles. The van der Waals surface area contributed by atoms with E-state index in [1.54, 1.807) is 42.5 Å². The van der Waals surface area contributed by atoms with Crippen molar-refractivity contribution in [2.24, 2.45) is 0 Å². The Labute approximate surface area is 141 Å². The molecule has 1 fully saturated rings. The van der Waals surface area contributed by atoms with Crippen molar-refractivity contribution < 1.29 is 17.9 Å². The largest absolute Gasteiger partial charge is 0.457 e. The maximum absolute atomic E-state index is 12.9. The van der Waals surface area contributed by atoms with Crippen molar-refractivity contribution in [3.63, 3.8) is 0 Å². The number of sulfone groups is 1. The first kappa shape index (κ1) is 16.5. The van der Waals surface area contributed by atoms with Crippen molar-refractivity contribution in [3.8, 4) is 0 Å². The standard InChI is InChI=1S/C19H18O4S/c20-19-14-13-18(24(21,22)16-9-5-2-6-10-16)17(23-19)12-11-15-7-3-1-4-8-15/h1-12,17-18H,13-14H2. The van der Waals surface area contributed by atoms with Crippen molar-refractivity contribution in [2.45, 2.75) is 29.1 Å². The van der Waals surface area contributed by atoms with Gasteiger partial charge in [0, 0.05) is 6.42 Å². The highest BCUT2D eigenvalue weighted by Crippen LogP contribution is 2.28. The van der Waals surface area contributed by atoms with Crippen LogP contribution in [0.3, 0.4) is 0 Å². The first-order chi connectivity index (χ1) is 11.6. The number of cyclic esters (lactones) is 1. The van der Waals surface area contributed by atoms with E-state index in [0.29, 0.717) is 0 Å². The maximum Gasteiger partial charge on any atom is 0.306 e. The van der Waals surface area contributed by atoms with Crippen LogP contribution in [0.15, 0.2) is 71.6 Å². The Kier molecular flexibility index (Phi) is 4.81. The molecule has 2 unspecified atom stereocenters. The number of benzene rings is 2. The van der Waals surface area contributed by atoms with Crippen LogP contribution in [0, 0.1) is 0 Å². The number of rotatable bonds is 4. The molecule has 0 saturated carbocycles. The van der Waals surface area contributed by atoms with E-state index in [0.717, 1.165) is 5.56 Å². The van der Waals surface area contributed by atoms with Gasteiger partial charge in [-0.15, -0.1) is 0 Å². The summed E-state index contributed by atoms with van der Waals surface area (Å²) in [7, 11) is -3.57. The monoisotopic (exact) mass is 342 g/mol. The van der Waals surface area contributed by atoms with Crippen molar-refractivity contribution >= 4 is 21.9 Å². The van der Waals surface area contributed by atoms with Gasteiger partial charge < -0.3 is 4.74 Å². The summed E-state index contributed by atoms with van der Waals surface area (Å²) >= 11 is 0. The summed E-state index contributed by atoms with van der Waals surface area (Å²) < 4.78 is 31.1. The summed E-state index contributed by atoms with van der Waals surface area (Å²) in [5.74, 6) is -0.364. The van der Waals surface area contributed by atoms with Gasteiger partial charge in [0.2, 0.25) is 0 Å². The number of hydrogen-bond acceptors (Lipinski definition) is 4. The summed E-state index contributed by atoms with van der Waals surface area (Å²) in [4.78, 5) is 11.9. The predicted octanol–water partition coefficient (Wildman–Crippen LogP) is 3.25. The third-order valence-corrected chi connectivity index (χ3v) is 6.25. The second-order valence-electron chi connectivity index (χ2n) is 5.66. The third kappa shape index (κ3) is 3.57. The Morgan fingerprint density at radius 3 is 2.25 bits per heavy atom. The molecule has 0 spiro atoms. The Morgan fingerprint density at radius 2 is 1.58 bits per heavy atom. The SMILES string of the molecule is O=C1CCC(S(=O)(=O)c2ccccc2)C(C=Cc2ccccc2)O1. The van der Waals surface area contributed by atoms with Crippen molar-refractivity contribution in [1.82, 2.24) is 0 Å². The molecule has 4 nitrogen and oxygen atoms in total. The van der Waals surface area contributed by atoms with E-state index in [4.69, 9.17) is 4.74 Å². The molecule has 24 heavy (non-hydrogen) atoms. The molecule has 0 aliphatic carbocycles. The van der Waals surface area contributed by atoms with E-state index in [9.17, 15) is 13.2 Å². The zero-order valence-corrected chi connectivity index (χ0v) is 13.9. The highest BCUT2D eigenvalue weighted by atomic mass is 32.2. The number of ether oxygens (including phenoxy) is 1. The molecule has 0 aromatic heterocycles. The van der Waals surface area contributed by atoms with Crippen LogP contribution in [0.1, 0.15) is 18.4 Å². The van der Waals surface area contributed by atoms with Crippen LogP contribution in [-0.2, 0) is 19.4 Å². The van der Waals surface area contributed by atoms with Crippen LogP contribution in [0.4, 0.5) is 0 Å². The van der Waals surface area contributed by atoms with E-state index >= 15 is 0 Å². The van der Waals surface area contributed by atoms with E-state index in [2.05, 4.69) is 0 Å². The molecule has 0 amide bonds. The topological polar surface area (TPSA) is 60.4 Å². The molecule has 0 radical (unpaired) electrons. The minimum Gasteiger partial charge on any atom is -0.457 e. The Bertz CT molecular complexity index is 826. The molecule has 1 aliphatic rings. The lowest BCUT2D eigenvalue weighted by atomic mass is 10.1. The molecule has 1 heterocycles. The summed E-state index contributed by atoms with van der Waals surface area (Å²) in [5.41, 5.74) is 0.926. The zero-order chi connectivity index (χ0) is 17.0. The minimum atomic E-state index is -3.57. The average Bonchev–Trinajstić information content (AvgIpc) is 2.61. The van der Waals surface area contributed by atoms with Gasteiger partial charge in [-0.3, -0.25) is 4.79 Å². The summed E-state index contributed by atoms with van der Waals surface area (Å²) in [5, 5.41) is -0.766. The van der Waals surface area contributed by atoms with Gasteiger partial charge in [0.05, 0.1) is 4.90 Å². The van der Waals surface area contributed by atoms with Crippen LogP contribution >= 0.6 is 0 Å². The fourth-order valence-corrected chi connectivity index (χ4v) is 4.57. The molecule has 0 N–H and O–H groups in total. The molecule has 1 saturated heterocycles. The number of carbonyl (C=O) groups excluding carboxylic acids is 1. The van der Waals surface area contributed by atoms with Crippen molar-refractivity contribution in [3.05, 3.63) is 72.3 Å². The molecule has 2 aromatic rings. The lowest BCUT2D eigenvalue weighted by Gasteiger charge is -2.29. The smallest absolute Gasteiger partial charge is 0.306 e. The molecule has 0 bridgehead atoms. The Hall–Kier alpha value is -2.40. The third-order valence-electron chi connectivity index (χ3n) is 4.02. The Morgan fingerprint density at radius 1 is 0.958 bits per heavy atom. The number of esters is 1. The normalized spacial score (nSPS) is 21.6. The number of hydrogen-bond donors (Lipinski definition) is 0. The predicted molar refractivity (Wildman–Crippen MR) is 92.0 cm³/mol. The van der Waals surface area contributed by atoms with Gasteiger partial charge in [0.1, 0.15) is 11.4 Å². The average molecular weight is 342 g/mol. The molecule has 124 valence electrons. The van der Waals surface area contributed by atoms with E-state index in [1.165, 1.54) is 0 Å². The molecule has 5 heteroatoms. The van der Waals surface area contributed by atoms with Gasteiger partial charge in [-0.2, -0.15) is 0 Å². The van der Waals surface area contributed by atoms with Crippen LogP contribution < -0.4 is 0 Å². The summed E-state index contributed by atoms with van der Waals surface area (Å²) in [6, 6.07) is 17.8. The molecular weight excluding hydrogens is 324 g/mol. The Balaban J connectivity index is 1.90. The zero-order valence-electron chi connectivity index (χ0n) is 13.0. The van der Waals surface area contributed by atoms with Crippen LogP contribution in [-0.4, -0.2) is 25.7 Å². The van der Waals surface area contributed by atoms with Crippen molar-refractivity contribution in [2.75, 3.05) is 0 Å². The quantitative estimate of drug-likeness (QED) is 0.800. The highest BCUT2D eigenvalue weighted by molar-refractivity contribution is 7.92. The lowest BCUT2D eigenvalue weighted by molar-refractivity contribution is -0.150. The van der Waals surface area contributed by atoms with Gasteiger partial charge >= 0.3 is 5.97 Å². The second kappa shape index (κ2) is 7.01. The van der Waals surface area contributed by atoms with E-state index in [1.807, 2.05) is 30.3 Å². The molecule has 2 atom stereocenters. The maximum atomic E-state index is 12.9. The fraction of sp³-hybridized carbons (Fsp3) is 0.211. The minimum absolute atomic E-state index is 0.117. The first-order valence-electron chi connectivity index (χ1n) is 7.79. The summed E-state index contributed by atoms with van der Waals surface area (Å²) in [6.07, 6.45) is 3.05. The van der Waals surface area contributed by atoms with Gasteiger partial charge in [0.25, 0.3) is 0 Å². The van der Waals surface area contributed by atoms with Crippen LogP contribution in [0.25, 0.3) is 6.08 Å². The van der Waals surface area contributed by atoms with Crippen LogP contribution in [0.2, 0.25) is 0 Å².